The molecule has 2 N–H and O–H groups in total. The van der Waals surface area contributed by atoms with Gasteiger partial charge in [0.1, 0.15) is 0 Å². The smallest absolute Gasteiger partial charge is 0.305 e. The maximum absolute atomic E-state index is 12.4. The summed E-state index contributed by atoms with van der Waals surface area (Å²) in [5.74, 6) is -0.953. The largest absolute Gasteiger partial charge is 0.416 e. The van der Waals surface area contributed by atoms with E-state index in [-0.39, 0.29) is 11.3 Å². The zero-order valence-electron chi connectivity index (χ0n) is 12.6. The number of hydrogen-bond donors (Lipinski definition) is 2. The number of hydrogen-bond acceptors (Lipinski definition) is 3. The Morgan fingerprint density at radius 2 is 1.48 bits per heavy atom. The average Bonchev–Trinajstić information content (AvgIpc) is 2.58. The van der Waals surface area contributed by atoms with Crippen LogP contribution < -0.4 is 10.9 Å². The molecule has 0 saturated heterocycles. The number of amides is 1. The summed E-state index contributed by atoms with van der Waals surface area (Å²) in [4.78, 5) is 23.6. The van der Waals surface area contributed by atoms with E-state index in [0.29, 0.717) is 10.6 Å². The fourth-order valence-corrected chi connectivity index (χ4v) is 1.94. The molecule has 0 aliphatic heterocycles. The summed E-state index contributed by atoms with van der Waals surface area (Å²) in [6.07, 6.45) is -2.06. The monoisotopic (exact) mass is 368 g/mol. The second kappa shape index (κ2) is 7.85. The van der Waals surface area contributed by atoms with Crippen molar-refractivity contribution in [2.24, 2.45) is 0 Å². The average molecular weight is 369 g/mol. The first-order chi connectivity index (χ1) is 11.8. The fourth-order valence-electron chi connectivity index (χ4n) is 1.82. The topological polar surface area (TPSA) is 58.2 Å². The molecule has 2 rings (SSSR count). The van der Waals surface area contributed by atoms with Crippen LogP contribution in [0.5, 0.6) is 0 Å². The first-order valence-electron chi connectivity index (χ1n) is 6.97. The number of alkyl halides is 3. The molecule has 25 heavy (non-hydrogen) atoms. The second-order valence-electron chi connectivity index (χ2n) is 4.88. The molecule has 0 aliphatic rings. The fraction of sp³-hybridized carbons (Fsp3) is 0.0588. The molecule has 0 aliphatic carbocycles. The van der Waals surface area contributed by atoms with Gasteiger partial charge in [-0.15, -0.1) is 0 Å². The van der Waals surface area contributed by atoms with Gasteiger partial charge in [-0.25, -0.2) is 0 Å². The Kier molecular flexibility index (Phi) is 5.82. The zero-order valence-corrected chi connectivity index (χ0v) is 13.4. The predicted molar refractivity (Wildman–Crippen MR) is 87.0 cm³/mol. The Morgan fingerprint density at radius 1 is 0.920 bits per heavy atom. The molecule has 0 bridgehead atoms. The maximum atomic E-state index is 12.4. The van der Waals surface area contributed by atoms with Gasteiger partial charge in [-0.05, 0) is 48.5 Å². The summed E-state index contributed by atoms with van der Waals surface area (Å²) < 4.78 is 37.3. The summed E-state index contributed by atoms with van der Waals surface area (Å²) in [6.45, 7) is 0. The lowest BCUT2D eigenvalue weighted by molar-refractivity contribution is -0.137. The molecule has 0 saturated carbocycles. The third kappa shape index (κ3) is 5.36. The number of carbonyl (C=O) groups excluding carboxylic acids is 2. The van der Waals surface area contributed by atoms with Crippen molar-refractivity contribution < 1.29 is 22.8 Å². The number of nitrogens with one attached hydrogen (secondary N) is 2. The van der Waals surface area contributed by atoms with Crippen LogP contribution in [0, 0.1) is 0 Å². The SMILES string of the molecule is O=C(/C=C\NNC(=O)c1ccc(C(F)(F)F)cc1)c1ccc(Cl)cc1. The van der Waals surface area contributed by atoms with Gasteiger partial charge in [-0.1, -0.05) is 11.6 Å². The van der Waals surface area contributed by atoms with Crippen LogP contribution in [0.2, 0.25) is 5.02 Å². The molecule has 0 atom stereocenters. The van der Waals surface area contributed by atoms with Crippen molar-refractivity contribution in [2.45, 2.75) is 6.18 Å². The zero-order chi connectivity index (χ0) is 18.4. The highest BCUT2D eigenvalue weighted by molar-refractivity contribution is 6.30. The lowest BCUT2D eigenvalue weighted by atomic mass is 10.1. The number of rotatable bonds is 5. The van der Waals surface area contributed by atoms with E-state index in [2.05, 4.69) is 10.9 Å². The number of allylic oxidation sites excluding steroid dienone is 1. The molecule has 0 heterocycles. The summed E-state index contributed by atoms with van der Waals surface area (Å²) in [6, 6.07) is 9.99. The van der Waals surface area contributed by atoms with E-state index in [9.17, 15) is 22.8 Å². The number of benzene rings is 2. The van der Waals surface area contributed by atoms with Crippen molar-refractivity contribution >= 4 is 23.3 Å². The molecule has 0 unspecified atom stereocenters. The van der Waals surface area contributed by atoms with Gasteiger partial charge in [0.2, 0.25) is 0 Å². The van der Waals surface area contributed by atoms with Gasteiger partial charge in [0.15, 0.2) is 5.78 Å². The van der Waals surface area contributed by atoms with E-state index in [4.69, 9.17) is 11.6 Å². The minimum atomic E-state index is -4.46. The molecule has 0 fully saturated rings. The molecule has 0 aromatic heterocycles. The number of carbonyl (C=O) groups is 2. The van der Waals surface area contributed by atoms with Crippen LogP contribution in [0.1, 0.15) is 26.3 Å². The number of halogens is 4. The molecule has 1 amide bonds. The highest BCUT2D eigenvalue weighted by atomic mass is 35.5. The Bertz CT molecular complexity index is 785. The van der Waals surface area contributed by atoms with Gasteiger partial charge in [-0.2, -0.15) is 13.2 Å². The van der Waals surface area contributed by atoms with Crippen molar-refractivity contribution in [1.29, 1.82) is 0 Å². The van der Waals surface area contributed by atoms with Crippen molar-refractivity contribution in [2.75, 3.05) is 0 Å². The van der Waals surface area contributed by atoms with Gasteiger partial charge in [-0.3, -0.25) is 15.0 Å². The summed E-state index contributed by atoms with van der Waals surface area (Å²) in [5.41, 5.74) is 4.25. The standard InChI is InChI=1S/C17H12ClF3N2O2/c18-14-7-3-11(4-8-14)15(24)9-10-22-23-16(25)12-1-5-13(6-2-12)17(19,20)21/h1-10,22H,(H,23,25)/b10-9-. The highest BCUT2D eigenvalue weighted by Gasteiger charge is 2.30. The van der Waals surface area contributed by atoms with Gasteiger partial charge < -0.3 is 5.43 Å². The molecule has 0 radical (unpaired) electrons. The van der Waals surface area contributed by atoms with Gasteiger partial charge >= 0.3 is 6.18 Å². The van der Waals surface area contributed by atoms with E-state index >= 15 is 0 Å². The minimum absolute atomic E-state index is 0.0397. The third-order valence-electron chi connectivity index (χ3n) is 3.11. The first-order valence-corrected chi connectivity index (χ1v) is 7.35. The summed E-state index contributed by atoms with van der Waals surface area (Å²) in [7, 11) is 0. The lowest BCUT2D eigenvalue weighted by Gasteiger charge is -2.08. The molecular weight excluding hydrogens is 357 g/mol. The molecule has 8 heteroatoms. The molecule has 4 nitrogen and oxygen atoms in total. The lowest BCUT2D eigenvalue weighted by Crippen LogP contribution is -2.33. The molecule has 0 spiro atoms. The first kappa shape index (κ1) is 18.5. The van der Waals surface area contributed by atoms with E-state index in [1.807, 2.05) is 0 Å². The van der Waals surface area contributed by atoms with Crippen LogP contribution in [0.4, 0.5) is 13.2 Å². The number of hydrazine groups is 1. The van der Waals surface area contributed by atoms with Crippen LogP contribution in [0.25, 0.3) is 0 Å². The second-order valence-corrected chi connectivity index (χ2v) is 5.31. The van der Waals surface area contributed by atoms with Crippen molar-refractivity contribution in [1.82, 2.24) is 10.9 Å². The Morgan fingerprint density at radius 3 is 2.04 bits per heavy atom. The van der Waals surface area contributed by atoms with Crippen molar-refractivity contribution in [3.63, 3.8) is 0 Å². The van der Waals surface area contributed by atoms with Crippen LogP contribution in [-0.4, -0.2) is 11.7 Å². The highest BCUT2D eigenvalue weighted by Crippen LogP contribution is 2.29. The van der Waals surface area contributed by atoms with Gasteiger partial charge in [0.05, 0.1) is 5.56 Å². The van der Waals surface area contributed by atoms with Crippen LogP contribution in [-0.2, 0) is 6.18 Å². The molecular formula is C17H12ClF3N2O2. The number of ketones is 1. The van der Waals surface area contributed by atoms with Gasteiger partial charge in [0.25, 0.3) is 5.91 Å². The van der Waals surface area contributed by atoms with E-state index in [0.717, 1.165) is 24.3 Å². The molecule has 2 aromatic carbocycles. The van der Waals surface area contributed by atoms with Crippen molar-refractivity contribution in [3.05, 3.63) is 82.5 Å². The normalized spacial score (nSPS) is 11.4. The van der Waals surface area contributed by atoms with E-state index in [1.54, 1.807) is 24.3 Å². The van der Waals surface area contributed by atoms with E-state index < -0.39 is 17.6 Å². The van der Waals surface area contributed by atoms with Crippen molar-refractivity contribution in [3.8, 4) is 0 Å². The predicted octanol–water partition coefficient (Wildman–Crippen LogP) is 3.99. The van der Waals surface area contributed by atoms with Crippen LogP contribution in [0.3, 0.4) is 0 Å². The van der Waals surface area contributed by atoms with Crippen LogP contribution >= 0.6 is 11.6 Å². The quantitative estimate of drug-likeness (QED) is 0.476. The summed E-state index contributed by atoms with van der Waals surface area (Å²) in [5, 5.41) is 0.502. The minimum Gasteiger partial charge on any atom is -0.305 e. The Labute approximate surface area is 146 Å². The Balaban J connectivity index is 1.87. The molecule has 130 valence electrons. The third-order valence-corrected chi connectivity index (χ3v) is 3.36. The van der Waals surface area contributed by atoms with Gasteiger partial charge in [0, 0.05) is 28.4 Å². The molecule has 2 aromatic rings. The van der Waals surface area contributed by atoms with Crippen LogP contribution in [0.15, 0.2) is 60.8 Å². The summed E-state index contributed by atoms with van der Waals surface area (Å²) >= 11 is 5.72. The Hall–Kier alpha value is -2.80. The van der Waals surface area contributed by atoms with E-state index in [1.165, 1.54) is 12.3 Å². The maximum Gasteiger partial charge on any atom is 0.416 e.